The zero-order valence-corrected chi connectivity index (χ0v) is 7.28. The molecule has 6 nitrogen and oxygen atoms in total. The summed E-state index contributed by atoms with van der Waals surface area (Å²) < 4.78 is 21.8. The molecule has 7 heteroatoms. The van der Waals surface area contributed by atoms with Gasteiger partial charge >= 0.3 is 0 Å². The fraction of sp³-hybridized carbons (Fsp3) is 0. The number of nitrogens with one attached hydrogen (secondary N) is 1. The van der Waals surface area contributed by atoms with Crippen molar-refractivity contribution in [1.82, 2.24) is 4.98 Å². The van der Waals surface area contributed by atoms with Crippen LogP contribution >= 0.6 is 0 Å². The third-order valence-electron chi connectivity index (χ3n) is 1.26. The van der Waals surface area contributed by atoms with E-state index in [9.17, 15) is 13.2 Å². The molecule has 0 radical (unpaired) electrons. The minimum Gasteiger partial charge on any atom is -0.326 e. The Morgan fingerprint density at radius 1 is 1.54 bits per heavy atom. The minimum atomic E-state index is -3.89. The Morgan fingerprint density at radius 2 is 2.23 bits per heavy atom. The van der Waals surface area contributed by atoms with Crippen molar-refractivity contribution < 1.29 is 13.2 Å². The highest BCUT2D eigenvalue weighted by Gasteiger charge is 2.14. The summed E-state index contributed by atoms with van der Waals surface area (Å²) in [5.74, 6) is 0. The summed E-state index contributed by atoms with van der Waals surface area (Å²) in [7, 11) is -3.89. The van der Waals surface area contributed by atoms with Crippen molar-refractivity contribution >= 4 is 22.1 Å². The molecule has 1 aromatic heterocycles. The molecule has 1 amide bonds. The third kappa shape index (κ3) is 2.23. The molecule has 1 rings (SSSR count). The summed E-state index contributed by atoms with van der Waals surface area (Å²) in [6.07, 6.45) is 1.63. The van der Waals surface area contributed by atoms with Gasteiger partial charge < -0.3 is 5.32 Å². The normalized spacial score (nSPS) is 10.8. The fourth-order valence-corrected chi connectivity index (χ4v) is 1.43. The predicted molar refractivity (Wildman–Crippen MR) is 45.3 cm³/mol. The van der Waals surface area contributed by atoms with Gasteiger partial charge in [0.05, 0.1) is 5.69 Å². The first-order valence-corrected chi connectivity index (χ1v) is 4.78. The SMILES string of the molecule is NS(=O)(=O)c1ncccc1NC=O. The van der Waals surface area contributed by atoms with Crippen LogP contribution in [0.15, 0.2) is 23.4 Å². The largest absolute Gasteiger partial charge is 0.326 e. The molecular formula is C6H7N3O3S. The van der Waals surface area contributed by atoms with Crippen LogP contribution in [0, 0.1) is 0 Å². The first-order valence-electron chi connectivity index (χ1n) is 3.23. The van der Waals surface area contributed by atoms with Crippen molar-refractivity contribution in [1.29, 1.82) is 0 Å². The van der Waals surface area contributed by atoms with Crippen molar-refractivity contribution in [3.05, 3.63) is 18.3 Å². The van der Waals surface area contributed by atoms with Crippen molar-refractivity contribution in [3.8, 4) is 0 Å². The molecule has 0 aliphatic heterocycles. The number of nitrogens with two attached hydrogens (primary N) is 1. The molecule has 0 aliphatic carbocycles. The van der Waals surface area contributed by atoms with Gasteiger partial charge in [-0.2, -0.15) is 0 Å². The maximum absolute atomic E-state index is 10.9. The Morgan fingerprint density at radius 3 is 2.77 bits per heavy atom. The smallest absolute Gasteiger partial charge is 0.257 e. The van der Waals surface area contributed by atoms with Crippen LogP contribution in [0.5, 0.6) is 0 Å². The Kier molecular flexibility index (Phi) is 2.59. The maximum Gasteiger partial charge on any atom is 0.257 e. The second-order valence-corrected chi connectivity index (χ2v) is 3.64. The van der Waals surface area contributed by atoms with E-state index in [0.717, 1.165) is 0 Å². The quantitative estimate of drug-likeness (QED) is 0.631. The summed E-state index contributed by atoms with van der Waals surface area (Å²) >= 11 is 0. The highest BCUT2D eigenvalue weighted by Crippen LogP contribution is 2.14. The van der Waals surface area contributed by atoms with Crippen LogP contribution in [0.1, 0.15) is 0 Å². The minimum absolute atomic E-state index is 0.0694. The van der Waals surface area contributed by atoms with E-state index in [2.05, 4.69) is 10.3 Å². The van der Waals surface area contributed by atoms with Gasteiger partial charge in [-0.1, -0.05) is 0 Å². The first-order chi connectivity index (χ1) is 6.05. The highest BCUT2D eigenvalue weighted by molar-refractivity contribution is 7.89. The zero-order valence-electron chi connectivity index (χ0n) is 6.47. The van der Waals surface area contributed by atoms with E-state index in [-0.39, 0.29) is 10.7 Å². The topological polar surface area (TPSA) is 102 Å². The van der Waals surface area contributed by atoms with E-state index >= 15 is 0 Å². The number of carbonyl (C=O) groups is 1. The van der Waals surface area contributed by atoms with Crippen LogP contribution in [0.25, 0.3) is 0 Å². The van der Waals surface area contributed by atoms with Crippen molar-refractivity contribution in [2.75, 3.05) is 5.32 Å². The lowest BCUT2D eigenvalue weighted by Gasteiger charge is -2.03. The lowest BCUT2D eigenvalue weighted by atomic mass is 10.4. The monoisotopic (exact) mass is 201 g/mol. The van der Waals surface area contributed by atoms with Crippen molar-refractivity contribution in [2.45, 2.75) is 5.03 Å². The molecule has 0 aromatic carbocycles. The van der Waals surface area contributed by atoms with Gasteiger partial charge in [-0.15, -0.1) is 0 Å². The summed E-state index contributed by atoms with van der Waals surface area (Å²) in [6, 6.07) is 2.88. The first kappa shape index (κ1) is 9.62. The van der Waals surface area contributed by atoms with E-state index in [4.69, 9.17) is 5.14 Å². The molecule has 0 saturated carbocycles. The Hall–Kier alpha value is -1.47. The van der Waals surface area contributed by atoms with Crippen LogP contribution < -0.4 is 10.5 Å². The number of carbonyl (C=O) groups excluding carboxylic acids is 1. The number of primary sulfonamides is 1. The number of hydrogen-bond acceptors (Lipinski definition) is 4. The second-order valence-electron chi connectivity index (χ2n) is 2.16. The highest BCUT2D eigenvalue weighted by atomic mass is 32.2. The van der Waals surface area contributed by atoms with Crippen molar-refractivity contribution in [2.24, 2.45) is 5.14 Å². The Balaban J connectivity index is 3.28. The van der Waals surface area contributed by atoms with E-state index < -0.39 is 10.0 Å². The molecule has 13 heavy (non-hydrogen) atoms. The maximum atomic E-state index is 10.9. The number of sulfonamides is 1. The number of rotatable bonds is 3. The van der Waals surface area contributed by atoms with Gasteiger partial charge in [0.15, 0.2) is 5.03 Å². The van der Waals surface area contributed by atoms with Gasteiger partial charge in [0.1, 0.15) is 0 Å². The molecule has 1 heterocycles. The zero-order chi connectivity index (χ0) is 9.90. The van der Waals surface area contributed by atoms with Gasteiger partial charge in [-0.3, -0.25) is 4.79 Å². The molecule has 0 saturated heterocycles. The number of amides is 1. The lowest BCUT2D eigenvalue weighted by molar-refractivity contribution is -0.105. The number of pyridine rings is 1. The molecule has 0 aliphatic rings. The van der Waals surface area contributed by atoms with Gasteiger partial charge in [0, 0.05) is 6.20 Å². The van der Waals surface area contributed by atoms with Crippen LogP contribution in [0.3, 0.4) is 0 Å². The molecule has 0 atom stereocenters. The van der Waals surface area contributed by atoms with Crippen LogP contribution in [0.4, 0.5) is 5.69 Å². The standard InChI is InChI=1S/C6H7N3O3S/c7-13(11,12)6-5(9-4-10)2-1-3-8-6/h1-4H,(H,9,10)(H2,7,11,12). The second kappa shape index (κ2) is 3.50. The predicted octanol–water partition coefficient (Wildman–Crippen LogP) is -0.703. The third-order valence-corrected chi connectivity index (χ3v) is 2.12. The van der Waals surface area contributed by atoms with Gasteiger partial charge in [0.25, 0.3) is 10.0 Å². The molecule has 0 spiro atoms. The average molecular weight is 201 g/mol. The number of anilines is 1. The van der Waals surface area contributed by atoms with Crippen molar-refractivity contribution in [3.63, 3.8) is 0 Å². The molecule has 0 fully saturated rings. The molecule has 1 aromatic rings. The van der Waals surface area contributed by atoms with Crippen LogP contribution in [-0.4, -0.2) is 19.8 Å². The Labute approximate surface area is 74.8 Å². The molecule has 0 unspecified atom stereocenters. The Bertz CT molecular complexity index is 415. The fourth-order valence-electron chi connectivity index (χ4n) is 0.791. The molecular weight excluding hydrogens is 194 g/mol. The number of nitrogens with zero attached hydrogens (tertiary/aromatic N) is 1. The van der Waals surface area contributed by atoms with Gasteiger partial charge in [-0.05, 0) is 12.1 Å². The summed E-state index contributed by atoms with van der Waals surface area (Å²) in [5.41, 5.74) is 0.0694. The van der Waals surface area contributed by atoms with E-state index in [1.54, 1.807) is 0 Å². The molecule has 70 valence electrons. The summed E-state index contributed by atoms with van der Waals surface area (Å²) in [4.78, 5) is 13.6. The van der Waals surface area contributed by atoms with E-state index in [0.29, 0.717) is 6.41 Å². The summed E-state index contributed by atoms with van der Waals surface area (Å²) in [6.45, 7) is 0. The van der Waals surface area contributed by atoms with E-state index in [1.807, 2.05) is 0 Å². The average Bonchev–Trinajstić information content (AvgIpc) is 2.04. The summed E-state index contributed by atoms with van der Waals surface area (Å²) in [5, 5.41) is 6.68. The van der Waals surface area contributed by atoms with Crippen LogP contribution in [-0.2, 0) is 14.8 Å². The number of aromatic nitrogens is 1. The number of hydrogen-bond donors (Lipinski definition) is 2. The lowest BCUT2D eigenvalue weighted by Crippen LogP contribution is -2.16. The van der Waals surface area contributed by atoms with Crippen LogP contribution in [0.2, 0.25) is 0 Å². The molecule has 0 bridgehead atoms. The molecule has 3 N–H and O–H groups in total. The van der Waals surface area contributed by atoms with Gasteiger partial charge in [0.2, 0.25) is 6.41 Å². The van der Waals surface area contributed by atoms with Gasteiger partial charge in [-0.25, -0.2) is 18.5 Å². The van der Waals surface area contributed by atoms with E-state index in [1.165, 1.54) is 18.3 Å².